The van der Waals surface area contributed by atoms with Crippen LogP contribution in [0.15, 0.2) is 24.3 Å². The van der Waals surface area contributed by atoms with Crippen LogP contribution in [-0.2, 0) is 4.79 Å². The topological polar surface area (TPSA) is 61.4 Å². The van der Waals surface area contributed by atoms with E-state index in [0.29, 0.717) is 17.1 Å². The molecule has 2 N–H and O–H groups in total. The highest BCUT2D eigenvalue weighted by Gasteiger charge is 2.11. The Morgan fingerprint density at radius 1 is 1.14 bits per heavy atom. The first-order chi connectivity index (χ1) is 10.6. The number of piperazine rings is 1. The van der Waals surface area contributed by atoms with Crippen molar-refractivity contribution in [3.8, 4) is 0 Å². The number of benzene rings is 1. The largest absolute Gasteiger partial charge is 0.355 e. The highest BCUT2D eigenvalue weighted by atomic mass is 35.5. The second-order valence-electron chi connectivity index (χ2n) is 5.37. The first kappa shape index (κ1) is 16.9. The van der Waals surface area contributed by atoms with Crippen LogP contribution < -0.4 is 10.6 Å². The lowest BCUT2D eigenvalue weighted by Gasteiger charge is -2.27. The Bertz CT molecular complexity index is 499. The van der Waals surface area contributed by atoms with Crippen LogP contribution in [0.25, 0.3) is 0 Å². The molecule has 0 bridgehead atoms. The van der Waals surface area contributed by atoms with E-state index in [-0.39, 0.29) is 24.5 Å². The van der Waals surface area contributed by atoms with Crippen molar-refractivity contribution in [3.63, 3.8) is 0 Å². The molecule has 0 spiro atoms. The molecular formula is C16H22ClN3O2. The second kappa shape index (κ2) is 8.88. The van der Waals surface area contributed by atoms with Crippen molar-refractivity contribution in [3.05, 3.63) is 34.9 Å². The lowest BCUT2D eigenvalue weighted by molar-refractivity contribution is -0.121. The molecule has 1 aromatic carbocycles. The molecule has 0 atom stereocenters. The van der Waals surface area contributed by atoms with E-state index in [1.807, 2.05) is 0 Å². The van der Waals surface area contributed by atoms with Crippen LogP contribution in [0, 0.1) is 0 Å². The van der Waals surface area contributed by atoms with Crippen molar-refractivity contribution in [2.75, 3.05) is 39.3 Å². The van der Waals surface area contributed by atoms with E-state index >= 15 is 0 Å². The standard InChI is InChI=1S/C16H22ClN3O2/c17-14-3-1-13(2-4-14)15(21)5-6-16(22)19-9-12-20-10-7-18-8-11-20/h1-4,18H,5-12H2,(H,19,22). The fourth-order valence-electron chi connectivity index (χ4n) is 2.38. The summed E-state index contributed by atoms with van der Waals surface area (Å²) in [4.78, 5) is 26.0. The Morgan fingerprint density at radius 2 is 1.82 bits per heavy atom. The molecule has 1 amide bonds. The fraction of sp³-hybridized carbons (Fsp3) is 0.500. The maximum atomic E-state index is 11.9. The zero-order valence-corrected chi connectivity index (χ0v) is 13.4. The Labute approximate surface area is 136 Å². The number of amides is 1. The molecule has 1 heterocycles. The molecular weight excluding hydrogens is 302 g/mol. The molecule has 2 rings (SSSR count). The maximum Gasteiger partial charge on any atom is 0.220 e. The number of ketones is 1. The van der Waals surface area contributed by atoms with Gasteiger partial charge in [-0.25, -0.2) is 0 Å². The summed E-state index contributed by atoms with van der Waals surface area (Å²) in [5, 5.41) is 6.76. The third kappa shape index (κ3) is 5.75. The summed E-state index contributed by atoms with van der Waals surface area (Å²) < 4.78 is 0. The zero-order chi connectivity index (χ0) is 15.8. The van der Waals surface area contributed by atoms with Gasteiger partial charge in [-0.15, -0.1) is 0 Å². The Balaban J connectivity index is 1.62. The number of rotatable bonds is 7. The van der Waals surface area contributed by atoms with E-state index in [9.17, 15) is 9.59 Å². The van der Waals surface area contributed by atoms with Gasteiger partial charge in [0, 0.05) is 62.7 Å². The summed E-state index contributed by atoms with van der Waals surface area (Å²) in [6.45, 7) is 5.54. The molecule has 0 unspecified atom stereocenters. The SMILES string of the molecule is O=C(CCC(=O)c1ccc(Cl)cc1)NCCN1CCNCC1. The number of carbonyl (C=O) groups is 2. The van der Waals surface area contributed by atoms with Crippen LogP contribution in [0.1, 0.15) is 23.2 Å². The average molecular weight is 324 g/mol. The number of nitrogens with one attached hydrogen (secondary N) is 2. The lowest BCUT2D eigenvalue weighted by atomic mass is 10.1. The number of hydrogen-bond donors (Lipinski definition) is 2. The number of hydrogen-bond acceptors (Lipinski definition) is 4. The Hall–Kier alpha value is -1.43. The Morgan fingerprint density at radius 3 is 2.50 bits per heavy atom. The van der Waals surface area contributed by atoms with E-state index in [1.54, 1.807) is 24.3 Å². The first-order valence-electron chi connectivity index (χ1n) is 7.64. The number of halogens is 1. The van der Waals surface area contributed by atoms with Crippen molar-refractivity contribution in [1.29, 1.82) is 0 Å². The highest BCUT2D eigenvalue weighted by Crippen LogP contribution is 2.11. The van der Waals surface area contributed by atoms with Gasteiger partial charge in [-0.2, -0.15) is 0 Å². The first-order valence-corrected chi connectivity index (χ1v) is 8.01. The van der Waals surface area contributed by atoms with Gasteiger partial charge in [0.05, 0.1) is 0 Å². The summed E-state index contributed by atoms with van der Waals surface area (Å²) in [5.74, 6) is -0.105. The number of nitrogens with zero attached hydrogens (tertiary/aromatic N) is 1. The van der Waals surface area contributed by atoms with Gasteiger partial charge in [0.2, 0.25) is 5.91 Å². The monoisotopic (exact) mass is 323 g/mol. The number of Topliss-reactive ketones (excluding diaryl/α,β-unsaturated/α-hetero) is 1. The minimum absolute atomic E-state index is 0.0334. The molecule has 6 heteroatoms. The van der Waals surface area contributed by atoms with Crippen LogP contribution in [0.4, 0.5) is 0 Å². The van der Waals surface area contributed by atoms with E-state index in [1.165, 1.54) is 0 Å². The Kier molecular flexibility index (Phi) is 6.83. The average Bonchev–Trinajstić information content (AvgIpc) is 2.54. The molecule has 22 heavy (non-hydrogen) atoms. The van der Waals surface area contributed by atoms with E-state index in [0.717, 1.165) is 32.7 Å². The van der Waals surface area contributed by atoms with Crippen LogP contribution in [0.5, 0.6) is 0 Å². The summed E-state index contributed by atoms with van der Waals surface area (Å²) in [6, 6.07) is 6.74. The lowest BCUT2D eigenvalue weighted by Crippen LogP contribution is -2.46. The number of carbonyl (C=O) groups excluding carboxylic acids is 2. The minimum atomic E-state index is -0.0718. The molecule has 120 valence electrons. The summed E-state index contributed by atoms with van der Waals surface area (Å²) in [7, 11) is 0. The molecule has 1 aromatic rings. The third-order valence-electron chi connectivity index (χ3n) is 3.71. The molecule has 1 aliphatic rings. The third-order valence-corrected chi connectivity index (χ3v) is 3.96. The van der Waals surface area contributed by atoms with Gasteiger partial charge < -0.3 is 10.6 Å². The molecule has 0 aromatic heterocycles. The molecule has 0 saturated carbocycles. The molecule has 1 fully saturated rings. The van der Waals surface area contributed by atoms with E-state index in [4.69, 9.17) is 11.6 Å². The van der Waals surface area contributed by atoms with Gasteiger partial charge in [-0.1, -0.05) is 11.6 Å². The molecule has 0 aliphatic carbocycles. The normalized spacial score (nSPS) is 15.5. The van der Waals surface area contributed by atoms with E-state index in [2.05, 4.69) is 15.5 Å². The van der Waals surface area contributed by atoms with Crippen LogP contribution >= 0.6 is 11.6 Å². The summed E-state index contributed by atoms with van der Waals surface area (Å²) in [6.07, 6.45) is 0.449. The maximum absolute atomic E-state index is 11.9. The van der Waals surface area contributed by atoms with Gasteiger partial charge in [-0.3, -0.25) is 14.5 Å². The van der Waals surface area contributed by atoms with Gasteiger partial charge >= 0.3 is 0 Å². The van der Waals surface area contributed by atoms with E-state index < -0.39 is 0 Å². The van der Waals surface area contributed by atoms with Gasteiger partial charge in [0.15, 0.2) is 5.78 Å². The zero-order valence-electron chi connectivity index (χ0n) is 12.6. The molecule has 1 saturated heterocycles. The van der Waals surface area contributed by atoms with Crippen molar-refractivity contribution in [2.24, 2.45) is 0 Å². The predicted octanol–water partition coefficient (Wildman–Crippen LogP) is 1.32. The highest BCUT2D eigenvalue weighted by molar-refractivity contribution is 6.30. The fourth-order valence-corrected chi connectivity index (χ4v) is 2.51. The minimum Gasteiger partial charge on any atom is -0.355 e. The molecule has 5 nitrogen and oxygen atoms in total. The van der Waals surface area contributed by atoms with Crippen LogP contribution in [0.2, 0.25) is 5.02 Å². The summed E-state index contributed by atoms with van der Waals surface area (Å²) >= 11 is 5.78. The van der Waals surface area contributed by atoms with Crippen molar-refractivity contribution >= 4 is 23.3 Å². The smallest absolute Gasteiger partial charge is 0.220 e. The summed E-state index contributed by atoms with van der Waals surface area (Å²) in [5.41, 5.74) is 0.595. The van der Waals surface area contributed by atoms with Crippen molar-refractivity contribution in [1.82, 2.24) is 15.5 Å². The predicted molar refractivity (Wildman–Crippen MR) is 87.3 cm³/mol. The van der Waals surface area contributed by atoms with Crippen LogP contribution in [-0.4, -0.2) is 55.9 Å². The van der Waals surface area contributed by atoms with Crippen molar-refractivity contribution in [2.45, 2.75) is 12.8 Å². The molecule has 0 radical (unpaired) electrons. The molecule has 1 aliphatic heterocycles. The second-order valence-corrected chi connectivity index (χ2v) is 5.81. The van der Waals surface area contributed by atoms with Gasteiger partial charge in [0.1, 0.15) is 0 Å². The quantitative estimate of drug-likeness (QED) is 0.743. The van der Waals surface area contributed by atoms with Crippen molar-refractivity contribution < 1.29 is 9.59 Å². The van der Waals surface area contributed by atoms with Crippen LogP contribution in [0.3, 0.4) is 0 Å². The van der Waals surface area contributed by atoms with Gasteiger partial charge in [0.25, 0.3) is 0 Å². The van der Waals surface area contributed by atoms with Gasteiger partial charge in [-0.05, 0) is 24.3 Å².